The number of carbonyl (C=O) groups is 1. The highest BCUT2D eigenvalue weighted by Crippen LogP contribution is 2.26. The highest BCUT2D eigenvalue weighted by atomic mass is 32.2. The van der Waals surface area contributed by atoms with Gasteiger partial charge in [0.25, 0.3) is 0 Å². The summed E-state index contributed by atoms with van der Waals surface area (Å²) in [4.78, 5) is 17.4. The van der Waals surface area contributed by atoms with Crippen molar-refractivity contribution in [3.8, 4) is 0 Å². The molecule has 32 heavy (non-hydrogen) atoms. The Morgan fingerprint density at radius 3 is 2.19 bits per heavy atom. The topological polar surface area (TPSA) is 60.9 Å². The molecule has 172 valence electrons. The van der Waals surface area contributed by atoms with E-state index in [0.29, 0.717) is 25.9 Å². The first-order valence-corrected chi connectivity index (χ1v) is 13.1. The highest BCUT2D eigenvalue weighted by Gasteiger charge is 2.34. The van der Waals surface area contributed by atoms with Gasteiger partial charge >= 0.3 is 0 Å². The molecule has 0 radical (unpaired) electrons. The van der Waals surface area contributed by atoms with Crippen LogP contribution >= 0.6 is 0 Å². The Hall–Kier alpha value is -2.38. The van der Waals surface area contributed by atoms with Gasteiger partial charge in [-0.05, 0) is 49.4 Å². The van der Waals surface area contributed by atoms with Crippen LogP contribution in [-0.4, -0.2) is 62.8 Å². The van der Waals surface area contributed by atoms with Crippen molar-refractivity contribution < 1.29 is 13.2 Å². The second-order valence-corrected chi connectivity index (χ2v) is 10.9. The van der Waals surface area contributed by atoms with Crippen LogP contribution in [0.25, 0.3) is 0 Å². The molecular weight excluding hydrogens is 422 g/mol. The van der Waals surface area contributed by atoms with Crippen molar-refractivity contribution in [3.63, 3.8) is 0 Å². The van der Waals surface area contributed by atoms with Crippen LogP contribution in [0, 0.1) is 19.8 Å². The van der Waals surface area contributed by atoms with Crippen molar-refractivity contribution >= 4 is 21.6 Å². The van der Waals surface area contributed by atoms with E-state index in [9.17, 15) is 13.2 Å². The van der Waals surface area contributed by atoms with Gasteiger partial charge in [0.15, 0.2) is 0 Å². The van der Waals surface area contributed by atoms with E-state index < -0.39 is 10.0 Å². The third kappa shape index (κ3) is 4.99. The first-order chi connectivity index (χ1) is 15.3. The van der Waals surface area contributed by atoms with E-state index in [-0.39, 0.29) is 17.6 Å². The number of piperidine rings is 1. The third-order valence-electron chi connectivity index (χ3n) is 6.90. The average Bonchev–Trinajstić information content (AvgIpc) is 2.81. The zero-order valence-corrected chi connectivity index (χ0v) is 19.9. The standard InChI is InChI=1S/C25H33N3O3S/c1-20-7-6-10-24(21(20)2)26-15-17-27(18-16-26)25(29)23-11-13-28(14-12-23)32(30,31)19-22-8-4-3-5-9-22/h3-10,23H,11-19H2,1-2H3. The molecule has 2 aliphatic rings. The minimum atomic E-state index is -3.35. The smallest absolute Gasteiger partial charge is 0.225 e. The fourth-order valence-electron chi connectivity index (χ4n) is 4.76. The lowest BCUT2D eigenvalue weighted by atomic mass is 9.96. The molecule has 0 bridgehead atoms. The summed E-state index contributed by atoms with van der Waals surface area (Å²) in [6.45, 7) is 8.24. The summed E-state index contributed by atoms with van der Waals surface area (Å²) >= 11 is 0. The van der Waals surface area contributed by atoms with Crippen molar-refractivity contribution in [1.29, 1.82) is 0 Å². The van der Waals surface area contributed by atoms with Crippen LogP contribution in [0.4, 0.5) is 5.69 Å². The Morgan fingerprint density at radius 1 is 0.875 bits per heavy atom. The Kier molecular flexibility index (Phi) is 6.86. The number of piperazine rings is 1. The molecule has 0 spiro atoms. The molecule has 2 aromatic carbocycles. The minimum Gasteiger partial charge on any atom is -0.368 e. The van der Waals surface area contributed by atoms with Gasteiger partial charge in [-0.15, -0.1) is 0 Å². The van der Waals surface area contributed by atoms with E-state index in [2.05, 4.69) is 36.9 Å². The number of carbonyl (C=O) groups excluding carboxylic acids is 1. The van der Waals surface area contributed by atoms with E-state index in [1.165, 1.54) is 16.8 Å². The van der Waals surface area contributed by atoms with Crippen LogP contribution in [0.15, 0.2) is 48.5 Å². The maximum atomic E-state index is 13.1. The molecule has 1 amide bonds. The van der Waals surface area contributed by atoms with Gasteiger partial charge in [-0.2, -0.15) is 0 Å². The Morgan fingerprint density at radius 2 is 1.53 bits per heavy atom. The van der Waals surface area contributed by atoms with Gasteiger partial charge < -0.3 is 9.80 Å². The predicted molar refractivity (Wildman–Crippen MR) is 128 cm³/mol. The lowest BCUT2D eigenvalue weighted by molar-refractivity contribution is -0.137. The SMILES string of the molecule is Cc1cccc(N2CCN(C(=O)C3CCN(S(=O)(=O)Cc4ccccc4)CC3)CC2)c1C. The molecule has 0 N–H and O–H groups in total. The number of benzene rings is 2. The number of anilines is 1. The number of rotatable bonds is 5. The predicted octanol–water partition coefficient (Wildman–Crippen LogP) is 3.19. The first kappa shape index (κ1) is 22.8. The second-order valence-electron chi connectivity index (χ2n) is 8.95. The van der Waals surface area contributed by atoms with E-state index >= 15 is 0 Å². The summed E-state index contributed by atoms with van der Waals surface area (Å²) in [7, 11) is -3.35. The summed E-state index contributed by atoms with van der Waals surface area (Å²) < 4.78 is 27.1. The lowest BCUT2D eigenvalue weighted by Crippen LogP contribution is -2.52. The van der Waals surface area contributed by atoms with Gasteiger partial charge in [0, 0.05) is 50.9 Å². The summed E-state index contributed by atoms with van der Waals surface area (Å²) in [6.07, 6.45) is 1.20. The van der Waals surface area contributed by atoms with Crippen molar-refractivity contribution in [3.05, 3.63) is 65.2 Å². The number of aryl methyl sites for hydroxylation is 1. The van der Waals surface area contributed by atoms with E-state index in [1.807, 2.05) is 35.2 Å². The number of sulfonamides is 1. The highest BCUT2D eigenvalue weighted by molar-refractivity contribution is 7.88. The largest absolute Gasteiger partial charge is 0.368 e. The van der Waals surface area contributed by atoms with E-state index in [0.717, 1.165) is 31.7 Å². The fourth-order valence-corrected chi connectivity index (χ4v) is 6.32. The fraction of sp³-hybridized carbons (Fsp3) is 0.480. The lowest BCUT2D eigenvalue weighted by Gasteiger charge is -2.39. The molecule has 0 saturated carbocycles. The number of hydrogen-bond donors (Lipinski definition) is 0. The molecular formula is C25H33N3O3S. The van der Waals surface area contributed by atoms with Crippen LogP contribution in [0.2, 0.25) is 0 Å². The molecule has 2 heterocycles. The monoisotopic (exact) mass is 455 g/mol. The van der Waals surface area contributed by atoms with Crippen molar-refractivity contribution in [2.75, 3.05) is 44.2 Å². The first-order valence-electron chi connectivity index (χ1n) is 11.5. The molecule has 0 atom stereocenters. The summed E-state index contributed by atoms with van der Waals surface area (Å²) in [6, 6.07) is 15.7. The van der Waals surface area contributed by atoms with E-state index in [4.69, 9.17) is 0 Å². The average molecular weight is 456 g/mol. The van der Waals surface area contributed by atoms with Crippen LogP contribution in [0.5, 0.6) is 0 Å². The quantitative estimate of drug-likeness (QED) is 0.695. The van der Waals surface area contributed by atoms with Crippen molar-refractivity contribution in [1.82, 2.24) is 9.21 Å². The Labute approximate surface area is 191 Å². The van der Waals surface area contributed by atoms with Crippen LogP contribution < -0.4 is 4.90 Å². The molecule has 2 saturated heterocycles. The molecule has 0 aliphatic carbocycles. The number of amides is 1. The van der Waals surface area contributed by atoms with Crippen LogP contribution in [-0.2, 0) is 20.6 Å². The Bertz CT molecular complexity index is 1040. The maximum Gasteiger partial charge on any atom is 0.225 e. The second kappa shape index (κ2) is 9.63. The molecule has 2 aliphatic heterocycles. The zero-order valence-electron chi connectivity index (χ0n) is 19.0. The van der Waals surface area contributed by atoms with Crippen LogP contribution in [0.1, 0.15) is 29.5 Å². The molecule has 2 aromatic rings. The van der Waals surface area contributed by atoms with Gasteiger partial charge in [-0.1, -0.05) is 42.5 Å². The van der Waals surface area contributed by atoms with Crippen molar-refractivity contribution in [2.24, 2.45) is 5.92 Å². The van der Waals surface area contributed by atoms with Gasteiger partial charge in [0.05, 0.1) is 5.75 Å². The molecule has 6 nitrogen and oxygen atoms in total. The molecule has 4 rings (SSSR count). The van der Waals surface area contributed by atoms with Crippen LogP contribution in [0.3, 0.4) is 0 Å². The number of hydrogen-bond acceptors (Lipinski definition) is 4. The van der Waals surface area contributed by atoms with Gasteiger partial charge in [0.1, 0.15) is 0 Å². The summed E-state index contributed by atoms with van der Waals surface area (Å²) in [5.41, 5.74) is 4.65. The molecule has 0 unspecified atom stereocenters. The third-order valence-corrected chi connectivity index (χ3v) is 8.75. The van der Waals surface area contributed by atoms with Gasteiger partial charge in [-0.25, -0.2) is 12.7 Å². The summed E-state index contributed by atoms with van der Waals surface area (Å²) in [5, 5.41) is 0. The normalized spacial score (nSPS) is 18.7. The van der Waals surface area contributed by atoms with Gasteiger partial charge in [0.2, 0.25) is 15.9 Å². The molecule has 0 aromatic heterocycles. The van der Waals surface area contributed by atoms with E-state index in [1.54, 1.807) is 4.31 Å². The van der Waals surface area contributed by atoms with Crippen molar-refractivity contribution in [2.45, 2.75) is 32.4 Å². The molecule has 7 heteroatoms. The Balaban J connectivity index is 1.29. The molecule has 2 fully saturated rings. The van der Waals surface area contributed by atoms with Gasteiger partial charge in [-0.3, -0.25) is 4.79 Å². The minimum absolute atomic E-state index is 0.0206. The summed E-state index contributed by atoms with van der Waals surface area (Å²) in [5.74, 6) is 0.128. The zero-order chi connectivity index (χ0) is 22.7. The maximum absolute atomic E-state index is 13.1. The number of nitrogens with zero attached hydrogens (tertiary/aromatic N) is 3.